The van der Waals surface area contributed by atoms with Crippen molar-refractivity contribution in [2.24, 2.45) is 0 Å². The van der Waals surface area contributed by atoms with E-state index in [-0.39, 0.29) is 29.8 Å². The van der Waals surface area contributed by atoms with E-state index in [2.05, 4.69) is 5.32 Å². The summed E-state index contributed by atoms with van der Waals surface area (Å²) >= 11 is 5.90. The molecule has 2 amide bonds. The van der Waals surface area contributed by atoms with Crippen molar-refractivity contribution in [1.82, 2.24) is 14.5 Å². The monoisotopic (exact) mass is 573 g/mol. The van der Waals surface area contributed by atoms with E-state index in [0.717, 1.165) is 9.87 Å². The van der Waals surface area contributed by atoms with Gasteiger partial charge in [0.15, 0.2) is 0 Å². The van der Waals surface area contributed by atoms with Crippen LogP contribution in [-0.2, 0) is 32.6 Å². The molecule has 0 aromatic heterocycles. The standard InChI is InChI=1S/C29H33ClFN3O4S/c1-4-21(2)32-29(36)27(18-22-8-6-5-7-9-22)34(19-23-10-14-25(31)15-11-23)28(35)20-33(3)39(37,38)26-16-12-24(30)13-17-26/h5-17,21,27H,4,18-20H2,1-3H3,(H,32,36)/t21-,27-/m0/s1. The number of likely N-dealkylation sites (N-methyl/N-ethyl adjacent to an activating group) is 1. The third-order valence-electron chi connectivity index (χ3n) is 6.42. The van der Waals surface area contributed by atoms with Crippen molar-refractivity contribution in [3.63, 3.8) is 0 Å². The predicted octanol–water partition coefficient (Wildman–Crippen LogP) is 4.65. The molecule has 0 aliphatic heterocycles. The van der Waals surface area contributed by atoms with Crippen LogP contribution >= 0.6 is 11.6 Å². The molecule has 0 aliphatic carbocycles. The van der Waals surface area contributed by atoms with Gasteiger partial charge in [-0.1, -0.05) is 61.0 Å². The molecular formula is C29H33ClFN3O4S. The molecule has 0 radical (unpaired) electrons. The highest BCUT2D eigenvalue weighted by atomic mass is 35.5. The average Bonchev–Trinajstić information content (AvgIpc) is 2.92. The first kappa shape index (κ1) is 30.3. The summed E-state index contributed by atoms with van der Waals surface area (Å²) in [5.74, 6) is -1.35. The second kappa shape index (κ2) is 13.7. The lowest BCUT2D eigenvalue weighted by Crippen LogP contribution is -2.54. The van der Waals surface area contributed by atoms with Crippen LogP contribution in [0.3, 0.4) is 0 Å². The molecule has 1 N–H and O–H groups in total. The van der Waals surface area contributed by atoms with Gasteiger partial charge in [0.25, 0.3) is 0 Å². The van der Waals surface area contributed by atoms with Gasteiger partial charge in [0, 0.05) is 31.1 Å². The van der Waals surface area contributed by atoms with Crippen LogP contribution in [0.1, 0.15) is 31.4 Å². The van der Waals surface area contributed by atoms with Gasteiger partial charge in [-0.2, -0.15) is 4.31 Å². The third-order valence-corrected chi connectivity index (χ3v) is 8.49. The van der Waals surface area contributed by atoms with Gasteiger partial charge in [-0.05, 0) is 60.9 Å². The molecular weight excluding hydrogens is 541 g/mol. The molecule has 7 nitrogen and oxygen atoms in total. The van der Waals surface area contributed by atoms with Crippen LogP contribution in [0, 0.1) is 5.82 Å². The Morgan fingerprint density at radius 1 is 0.949 bits per heavy atom. The molecule has 3 aromatic carbocycles. The molecule has 10 heteroatoms. The maximum atomic E-state index is 13.8. The van der Waals surface area contributed by atoms with Gasteiger partial charge >= 0.3 is 0 Å². The Labute approximate surface area is 234 Å². The number of carbonyl (C=O) groups excluding carboxylic acids is 2. The minimum absolute atomic E-state index is 0.0115. The highest BCUT2D eigenvalue weighted by molar-refractivity contribution is 7.89. The fourth-order valence-corrected chi connectivity index (χ4v) is 5.18. The van der Waals surface area contributed by atoms with E-state index in [1.165, 1.54) is 60.5 Å². The number of halogens is 2. The SMILES string of the molecule is CC[C@H](C)NC(=O)[C@H](Cc1ccccc1)N(Cc1ccc(F)cc1)C(=O)CN(C)S(=O)(=O)c1ccc(Cl)cc1. The summed E-state index contributed by atoms with van der Waals surface area (Å²) in [5, 5.41) is 3.34. The molecule has 0 fully saturated rings. The Morgan fingerprint density at radius 2 is 1.56 bits per heavy atom. The van der Waals surface area contributed by atoms with Crippen molar-refractivity contribution in [2.75, 3.05) is 13.6 Å². The van der Waals surface area contributed by atoms with E-state index in [0.29, 0.717) is 17.0 Å². The minimum atomic E-state index is -4.01. The Hall–Kier alpha value is -3.27. The van der Waals surface area contributed by atoms with Crippen LogP contribution in [0.5, 0.6) is 0 Å². The van der Waals surface area contributed by atoms with E-state index in [4.69, 9.17) is 11.6 Å². The molecule has 208 valence electrons. The molecule has 0 aliphatic rings. The summed E-state index contributed by atoms with van der Waals surface area (Å²) in [6, 6.07) is 19.5. The second-order valence-corrected chi connectivity index (χ2v) is 11.9. The lowest BCUT2D eigenvalue weighted by Gasteiger charge is -2.33. The van der Waals surface area contributed by atoms with Gasteiger partial charge in [0.05, 0.1) is 11.4 Å². The number of sulfonamides is 1. The predicted molar refractivity (Wildman–Crippen MR) is 150 cm³/mol. The second-order valence-electron chi connectivity index (χ2n) is 9.39. The average molecular weight is 574 g/mol. The maximum Gasteiger partial charge on any atom is 0.243 e. The topological polar surface area (TPSA) is 86.8 Å². The van der Waals surface area contributed by atoms with Crippen LogP contribution in [0.2, 0.25) is 5.02 Å². The fraction of sp³-hybridized carbons (Fsp3) is 0.310. The third kappa shape index (κ3) is 8.36. The van der Waals surface area contributed by atoms with E-state index in [1.807, 2.05) is 44.2 Å². The summed E-state index contributed by atoms with van der Waals surface area (Å²) < 4.78 is 40.9. The number of amides is 2. The fourth-order valence-electron chi connectivity index (χ4n) is 3.93. The first-order valence-corrected chi connectivity index (χ1v) is 14.4. The Kier molecular flexibility index (Phi) is 10.6. The molecule has 0 unspecified atom stereocenters. The zero-order chi connectivity index (χ0) is 28.6. The van der Waals surface area contributed by atoms with Crippen LogP contribution in [0.15, 0.2) is 83.8 Å². The summed E-state index contributed by atoms with van der Waals surface area (Å²) in [6.45, 7) is 3.29. The summed E-state index contributed by atoms with van der Waals surface area (Å²) in [5.41, 5.74) is 1.43. The highest BCUT2D eigenvalue weighted by Crippen LogP contribution is 2.20. The zero-order valence-corrected chi connectivity index (χ0v) is 23.8. The van der Waals surface area contributed by atoms with Crippen LogP contribution in [-0.4, -0.2) is 55.1 Å². The molecule has 3 aromatic rings. The summed E-state index contributed by atoms with van der Waals surface area (Å²) in [6.07, 6.45) is 0.904. The van der Waals surface area contributed by atoms with Gasteiger partial charge in [-0.15, -0.1) is 0 Å². The van der Waals surface area contributed by atoms with Crippen molar-refractivity contribution in [1.29, 1.82) is 0 Å². The van der Waals surface area contributed by atoms with E-state index < -0.39 is 34.3 Å². The zero-order valence-electron chi connectivity index (χ0n) is 22.2. The van der Waals surface area contributed by atoms with Crippen molar-refractivity contribution in [3.05, 3.63) is 101 Å². The molecule has 2 atom stereocenters. The number of rotatable bonds is 12. The van der Waals surface area contributed by atoms with Crippen molar-refractivity contribution in [3.8, 4) is 0 Å². The van der Waals surface area contributed by atoms with Crippen LogP contribution < -0.4 is 5.32 Å². The van der Waals surface area contributed by atoms with Crippen LogP contribution in [0.4, 0.5) is 4.39 Å². The molecule has 0 heterocycles. The van der Waals surface area contributed by atoms with Crippen molar-refractivity contribution >= 4 is 33.4 Å². The Bertz CT molecular complexity index is 1350. The van der Waals surface area contributed by atoms with E-state index in [9.17, 15) is 22.4 Å². The van der Waals surface area contributed by atoms with Gasteiger partial charge in [0.2, 0.25) is 21.8 Å². The number of hydrogen-bond donors (Lipinski definition) is 1. The van der Waals surface area contributed by atoms with Gasteiger partial charge in [-0.3, -0.25) is 9.59 Å². The first-order valence-electron chi connectivity index (χ1n) is 12.6. The Balaban J connectivity index is 1.97. The molecule has 0 saturated carbocycles. The molecule has 39 heavy (non-hydrogen) atoms. The lowest BCUT2D eigenvalue weighted by molar-refractivity contribution is -0.141. The molecule has 3 rings (SSSR count). The number of nitrogens with zero attached hydrogens (tertiary/aromatic N) is 2. The number of carbonyl (C=O) groups is 2. The molecule has 0 spiro atoms. The number of benzene rings is 3. The van der Waals surface area contributed by atoms with Gasteiger partial charge in [0.1, 0.15) is 11.9 Å². The number of nitrogens with one attached hydrogen (secondary N) is 1. The summed E-state index contributed by atoms with van der Waals surface area (Å²) in [4.78, 5) is 28.7. The van der Waals surface area contributed by atoms with Gasteiger partial charge in [-0.25, -0.2) is 12.8 Å². The number of hydrogen-bond acceptors (Lipinski definition) is 4. The van der Waals surface area contributed by atoms with Gasteiger partial charge < -0.3 is 10.2 Å². The Morgan fingerprint density at radius 3 is 2.15 bits per heavy atom. The van der Waals surface area contributed by atoms with Crippen molar-refractivity contribution in [2.45, 2.75) is 50.2 Å². The van der Waals surface area contributed by atoms with Crippen LogP contribution in [0.25, 0.3) is 0 Å². The molecule has 0 bridgehead atoms. The summed E-state index contributed by atoms with van der Waals surface area (Å²) in [7, 11) is -2.70. The van der Waals surface area contributed by atoms with Crippen molar-refractivity contribution < 1.29 is 22.4 Å². The quantitative estimate of drug-likeness (QED) is 0.342. The first-order chi connectivity index (χ1) is 18.5. The highest BCUT2D eigenvalue weighted by Gasteiger charge is 2.33. The normalized spacial score (nSPS) is 13.1. The smallest absolute Gasteiger partial charge is 0.243 e. The maximum absolute atomic E-state index is 13.8. The lowest BCUT2D eigenvalue weighted by atomic mass is 10.0. The minimum Gasteiger partial charge on any atom is -0.352 e. The largest absolute Gasteiger partial charge is 0.352 e. The van der Waals surface area contributed by atoms with E-state index in [1.54, 1.807) is 0 Å². The van der Waals surface area contributed by atoms with E-state index >= 15 is 0 Å². The molecule has 0 saturated heterocycles.